The molecule has 0 radical (unpaired) electrons. The van der Waals surface area contributed by atoms with Crippen molar-refractivity contribution in [3.05, 3.63) is 22.7 Å². The van der Waals surface area contributed by atoms with Gasteiger partial charge in [-0.25, -0.2) is 4.79 Å². The lowest BCUT2D eigenvalue weighted by molar-refractivity contribution is 0.593. The van der Waals surface area contributed by atoms with Crippen molar-refractivity contribution in [1.29, 1.82) is 0 Å². The Kier molecular flexibility index (Phi) is 3.02. The Morgan fingerprint density at radius 1 is 1.67 bits per heavy atom. The fourth-order valence-corrected chi connectivity index (χ4v) is 3.03. The summed E-state index contributed by atoms with van der Waals surface area (Å²) in [5, 5.41) is 3.81. The molecule has 5 nitrogen and oxygen atoms in total. The molecule has 0 amide bonds. The predicted molar refractivity (Wildman–Crippen MR) is 64.2 cm³/mol. The van der Waals surface area contributed by atoms with Gasteiger partial charge in [0.15, 0.2) is 7.98 Å². The topological polar surface area (TPSA) is 72.9 Å². The molecule has 15 heavy (non-hydrogen) atoms. The highest BCUT2D eigenvalue weighted by Gasteiger charge is 2.25. The van der Waals surface area contributed by atoms with E-state index in [0.717, 1.165) is 12.8 Å². The SMILES string of the molecule is BNC1CCC(n2ccc(N)nc2=O)S1. The Hall–Kier alpha value is -0.945. The summed E-state index contributed by atoms with van der Waals surface area (Å²) in [6.07, 6.45) is 3.78. The first kappa shape index (κ1) is 10.6. The Morgan fingerprint density at radius 2 is 2.47 bits per heavy atom. The van der Waals surface area contributed by atoms with Crippen LogP contribution in [0.3, 0.4) is 0 Å². The highest BCUT2D eigenvalue weighted by atomic mass is 32.2. The molecule has 1 aliphatic rings. The zero-order valence-electron chi connectivity index (χ0n) is 8.51. The van der Waals surface area contributed by atoms with Gasteiger partial charge < -0.3 is 11.0 Å². The van der Waals surface area contributed by atoms with Crippen LogP contribution in [0.1, 0.15) is 18.2 Å². The van der Waals surface area contributed by atoms with Crippen LogP contribution >= 0.6 is 11.8 Å². The van der Waals surface area contributed by atoms with Crippen LogP contribution in [0.25, 0.3) is 0 Å². The molecule has 80 valence electrons. The predicted octanol–water partition coefficient (Wildman–Crippen LogP) is -0.685. The summed E-state index contributed by atoms with van der Waals surface area (Å²) in [4.78, 5) is 15.3. The fourth-order valence-electron chi connectivity index (χ4n) is 1.68. The van der Waals surface area contributed by atoms with Crippen LogP contribution in [-0.4, -0.2) is 22.9 Å². The molecule has 2 atom stereocenters. The molecule has 1 aliphatic heterocycles. The van der Waals surface area contributed by atoms with Gasteiger partial charge in [-0.3, -0.25) is 4.57 Å². The molecule has 0 aliphatic carbocycles. The molecule has 2 heterocycles. The maximum atomic E-state index is 11.6. The number of nitrogens with one attached hydrogen (secondary N) is 1. The largest absolute Gasteiger partial charge is 0.383 e. The third kappa shape index (κ3) is 2.18. The first-order valence-corrected chi connectivity index (χ1v) is 5.82. The molecule has 1 aromatic heterocycles. The maximum absolute atomic E-state index is 11.6. The molecule has 2 rings (SSSR count). The van der Waals surface area contributed by atoms with Crippen LogP contribution in [-0.2, 0) is 0 Å². The molecule has 3 N–H and O–H groups in total. The summed E-state index contributed by atoms with van der Waals surface area (Å²) in [5.74, 6) is 0.282. The third-order valence-electron chi connectivity index (χ3n) is 2.48. The number of hydrogen-bond donors (Lipinski definition) is 2. The molecular weight excluding hydrogens is 211 g/mol. The number of hydrogen-bond acceptors (Lipinski definition) is 5. The molecule has 2 unspecified atom stereocenters. The van der Waals surface area contributed by atoms with Crippen molar-refractivity contribution >= 4 is 25.6 Å². The van der Waals surface area contributed by atoms with E-state index < -0.39 is 0 Å². The average Bonchev–Trinajstić information content (AvgIpc) is 2.66. The van der Waals surface area contributed by atoms with Crippen LogP contribution in [0.5, 0.6) is 0 Å². The van der Waals surface area contributed by atoms with Crippen LogP contribution in [0.2, 0.25) is 0 Å². The number of anilines is 1. The summed E-state index contributed by atoms with van der Waals surface area (Å²) in [5.41, 5.74) is 5.18. The van der Waals surface area contributed by atoms with Crippen molar-refractivity contribution in [3.63, 3.8) is 0 Å². The summed E-state index contributed by atoms with van der Waals surface area (Å²) >= 11 is 1.75. The number of nitrogen functional groups attached to an aromatic ring is 1. The van der Waals surface area contributed by atoms with Crippen LogP contribution in [0.4, 0.5) is 5.82 Å². The minimum Gasteiger partial charge on any atom is -0.383 e. The van der Waals surface area contributed by atoms with Crippen molar-refractivity contribution < 1.29 is 0 Å². The van der Waals surface area contributed by atoms with E-state index in [1.54, 1.807) is 28.6 Å². The number of nitrogens with zero attached hydrogens (tertiary/aromatic N) is 2. The second-order valence-corrected chi connectivity index (χ2v) is 4.87. The van der Waals surface area contributed by atoms with E-state index in [9.17, 15) is 4.79 Å². The second kappa shape index (κ2) is 4.28. The van der Waals surface area contributed by atoms with Gasteiger partial charge >= 0.3 is 5.69 Å². The Bertz CT molecular complexity index is 410. The van der Waals surface area contributed by atoms with Gasteiger partial charge in [0, 0.05) is 11.6 Å². The molecule has 0 bridgehead atoms. The van der Waals surface area contributed by atoms with E-state index in [-0.39, 0.29) is 16.9 Å². The second-order valence-electron chi connectivity index (χ2n) is 3.49. The molecule has 1 fully saturated rings. The van der Waals surface area contributed by atoms with Crippen LogP contribution < -0.4 is 16.7 Å². The molecule has 0 spiro atoms. The van der Waals surface area contributed by atoms with Gasteiger partial charge in [0.25, 0.3) is 0 Å². The number of nitrogens with two attached hydrogens (primary N) is 1. The molecule has 1 aromatic rings. The van der Waals surface area contributed by atoms with Crippen molar-refractivity contribution in [3.8, 4) is 0 Å². The van der Waals surface area contributed by atoms with Crippen LogP contribution in [0, 0.1) is 0 Å². The van der Waals surface area contributed by atoms with E-state index in [1.165, 1.54) is 0 Å². The van der Waals surface area contributed by atoms with E-state index in [4.69, 9.17) is 5.73 Å². The third-order valence-corrected chi connectivity index (χ3v) is 4.06. The smallest absolute Gasteiger partial charge is 0.350 e. The highest BCUT2D eigenvalue weighted by Crippen LogP contribution is 2.38. The average molecular weight is 224 g/mol. The first-order chi connectivity index (χ1) is 7.20. The van der Waals surface area contributed by atoms with Gasteiger partial charge in [0.2, 0.25) is 0 Å². The maximum Gasteiger partial charge on any atom is 0.350 e. The van der Waals surface area contributed by atoms with Gasteiger partial charge in [-0.05, 0) is 18.9 Å². The summed E-state index contributed by atoms with van der Waals surface area (Å²) in [6, 6.07) is 1.66. The minimum atomic E-state index is -0.260. The van der Waals surface area contributed by atoms with Gasteiger partial charge in [-0.2, -0.15) is 4.98 Å². The first-order valence-electron chi connectivity index (χ1n) is 4.88. The van der Waals surface area contributed by atoms with Crippen molar-refractivity contribution in [2.75, 3.05) is 5.73 Å². The molecule has 1 saturated heterocycles. The number of aromatic nitrogens is 2. The van der Waals surface area contributed by atoms with E-state index >= 15 is 0 Å². The fraction of sp³-hybridized carbons (Fsp3) is 0.500. The molecule has 0 saturated carbocycles. The van der Waals surface area contributed by atoms with E-state index in [0.29, 0.717) is 5.37 Å². The lowest BCUT2D eigenvalue weighted by atomic mass is 10.3. The Morgan fingerprint density at radius 3 is 3.07 bits per heavy atom. The van der Waals surface area contributed by atoms with Gasteiger partial charge in [0.1, 0.15) is 5.82 Å². The van der Waals surface area contributed by atoms with Gasteiger partial charge in [-0.15, -0.1) is 11.8 Å². The lowest BCUT2D eigenvalue weighted by Crippen LogP contribution is -2.25. The summed E-state index contributed by atoms with van der Waals surface area (Å²) in [7, 11) is 1.93. The van der Waals surface area contributed by atoms with Crippen molar-refractivity contribution in [2.24, 2.45) is 0 Å². The van der Waals surface area contributed by atoms with Gasteiger partial charge in [0.05, 0.1) is 5.37 Å². The van der Waals surface area contributed by atoms with Crippen molar-refractivity contribution in [1.82, 2.24) is 14.8 Å². The standard InChI is InChI=1S/C8H13BN4OS/c9-12-6-1-2-7(15-6)13-4-3-5(10)11-8(13)14/h3-4,6-7,12H,1-2,9H2,(H2,10,11,14). The Labute approximate surface area is 92.9 Å². The van der Waals surface area contributed by atoms with Crippen molar-refractivity contribution in [2.45, 2.75) is 23.6 Å². The molecular formula is C8H13BN4OS. The lowest BCUT2D eigenvalue weighted by Gasteiger charge is -2.13. The summed E-state index contributed by atoms with van der Waals surface area (Å²) in [6.45, 7) is 0. The quantitative estimate of drug-likeness (QED) is 0.651. The number of rotatable bonds is 2. The minimum absolute atomic E-state index is 0.183. The summed E-state index contributed by atoms with van der Waals surface area (Å²) < 4.78 is 1.65. The zero-order chi connectivity index (χ0) is 10.8. The highest BCUT2D eigenvalue weighted by molar-refractivity contribution is 8.00. The van der Waals surface area contributed by atoms with E-state index in [1.807, 2.05) is 7.98 Å². The molecule has 7 heteroatoms. The monoisotopic (exact) mass is 224 g/mol. The number of thioether (sulfide) groups is 1. The van der Waals surface area contributed by atoms with E-state index in [2.05, 4.69) is 10.2 Å². The molecule has 0 aromatic carbocycles. The van der Waals surface area contributed by atoms with Gasteiger partial charge in [-0.1, -0.05) is 0 Å². The Balaban J connectivity index is 2.20. The van der Waals surface area contributed by atoms with Crippen LogP contribution in [0.15, 0.2) is 17.1 Å². The normalized spacial score (nSPS) is 25.6. The zero-order valence-corrected chi connectivity index (χ0v) is 9.33.